The van der Waals surface area contributed by atoms with Gasteiger partial charge in [-0.25, -0.2) is 0 Å². The monoisotopic (exact) mass is 186 g/mol. The van der Waals surface area contributed by atoms with E-state index in [1.807, 2.05) is 33.8 Å². The standard InChI is InChI=1S/C10H15ClO/c1-6(2)5-7-8(12)9(11)10(7,3)4/h5,7,9H,1-4H3/t7-,9-/m1/s1. The molecule has 0 spiro atoms. The van der Waals surface area contributed by atoms with E-state index in [4.69, 9.17) is 11.6 Å². The molecule has 1 nitrogen and oxygen atoms in total. The van der Waals surface area contributed by atoms with Gasteiger partial charge in [0.15, 0.2) is 5.78 Å². The van der Waals surface area contributed by atoms with E-state index in [0.717, 1.165) is 0 Å². The van der Waals surface area contributed by atoms with Crippen molar-refractivity contribution in [2.45, 2.75) is 33.1 Å². The van der Waals surface area contributed by atoms with E-state index < -0.39 is 0 Å². The first kappa shape index (κ1) is 9.79. The van der Waals surface area contributed by atoms with Gasteiger partial charge < -0.3 is 0 Å². The molecule has 0 aromatic heterocycles. The Labute approximate surface area is 78.8 Å². The average molecular weight is 187 g/mol. The van der Waals surface area contributed by atoms with Gasteiger partial charge in [0.05, 0.1) is 5.38 Å². The Balaban J connectivity index is 2.82. The Morgan fingerprint density at radius 1 is 1.50 bits per heavy atom. The molecule has 1 aliphatic rings. The Kier molecular flexibility index (Phi) is 2.35. The molecule has 2 atom stereocenters. The Morgan fingerprint density at radius 2 is 2.00 bits per heavy atom. The summed E-state index contributed by atoms with van der Waals surface area (Å²) in [5.74, 6) is 0.202. The van der Waals surface area contributed by atoms with Crippen LogP contribution in [0.15, 0.2) is 11.6 Å². The molecule has 2 heteroatoms. The molecule has 1 fully saturated rings. The summed E-state index contributed by atoms with van der Waals surface area (Å²) < 4.78 is 0. The van der Waals surface area contributed by atoms with E-state index in [2.05, 4.69) is 0 Å². The van der Waals surface area contributed by atoms with Crippen LogP contribution >= 0.6 is 11.6 Å². The van der Waals surface area contributed by atoms with Crippen LogP contribution in [-0.2, 0) is 4.79 Å². The zero-order valence-electron chi connectivity index (χ0n) is 8.02. The van der Waals surface area contributed by atoms with Gasteiger partial charge in [0, 0.05) is 11.3 Å². The molecular weight excluding hydrogens is 172 g/mol. The number of rotatable bonds is 1. The minimum absolute atomic E-state index is 0.0324. The van der Waals surface area contributed by atoms with Crippen LogP contribution in [0, 0.1) is 11.3 Å². The van der Waals surface area contributed by atoms with E-state index in [9.17, 15) is 4.79 Å². The summed E-state index contributed by atoms with van der Waals surface area (Å²) in [6.45, 7) is 8.09. The fourth-order valence-electron chi connectivity index (χ4n) is 1.58. The van der Waals surface area contributed by atoms with Crippen molar-refractivity contribution in [3.8, 4) is 0 Å². The maximum Gasteiger partial charge on any atom is 0.158 e. The smallest absolute Gasteiger partial charge is 0.158 e. The summed E-state index contributed by atoms with van der Waals surface area (Å²) in [6, 6.07) is 0. The first-order chi connectivity index (χ1) is 5.37. The molecule has 0 radical (unpaired) electrons. The highest BCUT2D eigenvalue weighted by Gasteiger charge is 2.53. The predicted octanol–water partition coefficient (Wildman–Crippen LogP) is 2.79. The van der Waals surface area contributed by atoms with Crippen molar-refractivity contribution in [3.63, 3.8) is 0 Å². The molecule has 0 saturated heterocycles. The minimum atomic E-state index is -0.293. The highest BCUT2D eigenvalue weighted by atomic mass is 35.5. The van der Waals surface area contributed by atoms with Gasteiger partial charge in [-0.1, -0.05) is 25.5 Å². The van der Waals surface area contributed by atoms with Crippen LogP contribution in [0.2, 0.25) is 0 Å². The second-order valence-corrected chi connectivity index (χ2v) is 4.74. The molecule has 0 heterocycles. The van der Waals surface area contributed by atoms with E-state index in [-0.39, 0.29) is 22.5 Å². The van der Waals surface area contributed by atoms with Gasteiger partial charge in [-0.15, -0.1) is 11.6 Å². The number of hydrogen-bond acceptors (Lipinski definition) is 1. The molecule has 68 valence electrons. The fourth-order valence-corrected chi connectivity index (χ4v) is 1.85. The van der Waals surface area contributed by atoms with Crippen LogP contribution in [-0.4, -0.2) is 11.2 Å². The summed E-state index contributed by atoms with van der Waals surface area (Å²) in [7, 11) is 0. The first-order valence-electron chi connectivity index (χ1n) is 4.20. The summed E-state index contributed by atoms with van der Waals surface area (Å²) in [6.07, 6.45) is 2.02. The van der Waals surface area contributed by atoms with Crippen LogP contribution in [0.25, 0.3) is 0 Å². The van der Waals surface area contributed by atoms with Gasteiger partial charge in [0.1, 0.15) is 0 Å². The Morgan fingerprint density at radius 3 is 2.33 bits per heavy atom. The number of halogens is 1. The molecule has 12 heavy (non-hydrogen) atoms. The molecular formula is C10H15ClO. The van der Waals surface area contributed by atoms with Crippen molar-refractivity contribution >= 4 is 17.4 Å². The Bertz CT molecular complexity index is 236. The number of Topliss-reactive ketones (excluding diaryl/α,β-unsaturated/α-hetero) is 1. The van der Waals surface area contributed by atoms with Crippen molar-refractivity contribution in [2.24, 2.45) is 11.3 Å². The lowest BCUT2D eigenvalue weighted by Gasteiger charge is -2.46. The molecule has 1 rings (SSSR count). The third-order valence-corrected chi connectivity index (χ3v) is 3.29. The topological polar surface area (TPSA) is 17.1 Å². The molecule has 0 aromatic carbocycles. The van der Waals surface area contributed by atoms with Crippen LogP contribution in [0.1, 0.15) is 27.7 Å². The van der Waals surface area contributed by atoms with Gasteiger partial charge in [-0.05, 0) is 13.8 Å². The van der Waals surface area contributed by atoms with Crippen molar-refractivity contribution in [1.82, 2.24) is 0 Å². The van der Waals surface area contributed by atoms with Crippen LogP contribution in [0.4, 0.5) is 0 Å². The number of alkyl halides is 1. The zero-order valence-corrected chi connectivity index (χ0v) is 8.77. The number of ketones is 1. The van der Waals surface area contributed by atoms with E-state index >= 15 is 0 Å². The molecule has 1 saturated carbocycles. The summed E-state index contributed by atoms with van der Waals surface area (Å²) in [4.78, 5) is 11.3. The molecule has 0 N–H and O–H groups in total. The molecule has 1 aliphatic carbocycles. The summed E-state index contributed by atoms with van der Waals surface area (Å²) in [5, 5.41) is -0.293. The number of hydrogen-bond donors (Lipinski definition) is 0. The highest BCUT2D eigenvalue weighted by molar-refractivity contribution is 6.35. The predicted molar refractivity (Wildman–Crippen MR) is 51.4 cm³/mol. The van der Waals surface area contributed by atoms with E-state index in [0.29, 0.717) is 0 Å². The molecule has 0 unspecified atom stereocenters. The number of carbonyl (C=O) groups is 1. The first-order valence-corrected chi connectivity index (χ1v) is 4.64. The van der Waals surface area contributed by atoms with Crippen molar-refractivity contribution < 1.29 is 4.79 Å². The van der Waals surface area contributed by atoms with Gasteiger partial charge in [-0.2, -0.15) is 0 Å². The molecule has 0 aromatic rings. The fraction of sp³-hybridized carbons (Fsp3) is 0.700. The maximum absolute atomic E-state index is 11.3. The SMILES string of the molecule is CC(C)=C[C@@H]1C(=O)[C@@H](Cl)C1(C)C. The van der Waals surface area contributed by atoms with Gasteiger partial charge >= 0.3 is 0 Å². The average Bonchev–Trinajstić information content (AvgIpc) is 1.98. The van der Waals surface area contributed by atoms with Crippen LogP contribution in [0.3, 0.4) is 0 Å². The minimum Gasteiger partial charge on any atom is -0.297 e. The van der Waals surface area contributed by atoms with Crippen molar-refractivity contribution in [2.75, 3.05) is 0 Å². The number of carbonyl (C=O) groups excluding carboxylic acids is 1. The quantitative estimate of drug-likeness (QED) is 0.455. The lowest BCUT2D eigenvalue weighted by molar-refractivity contribution is -0.135. The van der Waals surface area contributed by atoms with Crippen molar-refractivity contribution in [3.05, 3.63) is 11.6 Å². The molecule has 0 aliphatic heterocycles. The second kappa shape index (κ2) is 2.88. The third-order valence-electron chi connectivity index (χ3n) is 2.51. The summed E-state index contributed by atoms with van der Waals surface area (Å²) in [5.41, 5.74) is 1.13. The third kappa shape index (κ3) is 1.31. The molecule has 0 amide bonds. The van der Waals surface area contributed by atoms with E-state index in [1.54, 1.807) is 0 Å². The number of allylic oxidation sites excluding steroid dienone is 2. The lowest BCUT2D eigenvalue weighted by atomic mass is 9.60. The maximum atomic E-state index is 11.3. The Hall–Kier alpha value is -0.300. The molecule has 0 bridgehead atoms. The lowest BCUT2D eigenvalue weighted by Crippen LogP contribution is -2.54. The second-order valence-electron chi connectivity index (χ2n) is 4.31. The summed E-state index contributed by atoms with van der Waals surface area (Å²) >= 11 is 5.89. The van der Waals surface area contributed by atoms with Gasteiger partial charge in [0.2, 0.25) is 0 Å². The van der Waals surface area contributed by atoms with Gasteiger partial charge in [0.25, 0.3) is 0 Å². The van der Waals surface area contributed by atoms with E-state index in [1.165, 1.54) is 5.57 Å². The largest absolute Gasteiger partial charge is 0.297 e. The van der Waals surface area contributed by atoms with Crippen LogP contribution < -0.4 is 0 Å². The van der Waals surface area contributed by atoms with Crippen LogP contribution in [0.5, 0.6) is 0 Å². The van der Waals surface area contributed by atoms with Crippen molar-refractivity contribution in [1.29, 1.82) is 0 Å². The highest BCUT2D eigenvalue weighted by Crippen LogP contribution is 2.47. The normalized spacial score (nSPS) is 32.6. The van der Waals surface area contributed by atoms with Gasteiger partial charge in [-0.3, -0.25) is 4.79 Å². The zero-order chi connectivity index (χ0) is 9.52.